The minimum absolute atomic E-state index is 0.102. The van der Waals surface area contributed by atoms with Gasteiger partial charge in [0.1, 0.15) is 11.3 Å². The lowest BCUT2D eigenvalue weighted by atomic mass is 9.98. The molecule has 102 valence electrons. The Morgan fingerprint density at radius 2 is 2.00 bits per heavy atom. The lowest BCUT2D eigenvalue weighted by Gasteiger charge is -2.19. The number of hydrogen-bond acceptors (Lipinski definition) is 4. The van der Waals surface area contributed by atoms with Crippen LogP contribution in [0.3, 0.4) is 0 Å². The summed E-state index contributed by atoms with van der Waals surface area (Å²) in [6, 6.07) is -0.299. The Hall–Kier alpha value is -1.85. The molecule has 1 saturated carbocycles. The second-order valence-electron chi connectivity index (χ2n) is 5.41. The number of rotatable bonds is 2. The number of nitrogens with one attached hydrogen (secondary N) is 1. The van der Waals surface area contributed by atoms with E-state index in [0.717, 1.165) is 36.9 Å². The molecule has 6 heteroatoms. The average Bonchev–Trinajstić information content (AvgIpc) is 3.01. The number of urea groups is 1. The Morgan fingerprint density at radius 3 is 2.58 bits per heavy atom. The standard InChI is InChI=1S/C13H17N3O3/c1-8-10(9(2)19-15-8)7-16-11(17)13(14-12(16)18)5-3-4-6-13/h3-7H2,1-2H3,(H,14,18). The summed E-state index contributed by atoms with van der Waals surface area (Å²) in [4.78, 5) is 25.8. The average molecular weight is 263 g/mol. The van der Waals surface area contributed by atoms with Crippen molar-refractivity contribution in [3.8, 4) is 0 Å². The third-order valence-electron chi connectivity index (χ3n) is 4.20. The van der Waals surface area contributed by atoms with Crippen LogP contribution in [0.5, 0.6) is 0 Å². The van der Waals surface area contributed by atoms with Crippen molar-refractivity contribution in [2.45, 2.75) is 51.6 Å². The molecule has 1 spiro atoms. The summed E-state index contributed by atoms with van der Waals surface area (Å²) in [5.74, 6) is 0.556. The maximum atomic E-state index is 12.5. The highest BCUT2D eigenvalue weighted by atomic mass is 16.5. The Labute approximate surface area is 111 Å². The van der Waals surface area contributed by atoms with E-state index < -0.39 is 5.54 Å². The van der Waals surface area contributed by atoms with Gasteiger partial charge in [-0.3, -0.25) is 9.69 Å². The van der Waals surface area contributed by atoms with Crippen LogP contribution in [0.4, 0.5) is 4.79 Å². The van der Waals surface area contributed by atoms with Gasteiger partial charge in [-0.15, -0.1) is 0 Å². The van der Waals surface area contributed by atoms with Crippen LogP contribution in [0.2, 0.25) is 0 Å². The zero-order valence-electron chi connectivity index (χ0n) is 11.2. The summed E-state index contributed by atoms with van der Waals surface area (Å²) in [7, 11) is 0. The van der Waals surface area contributed by atoms with Gasteiger partial charge in [0, 0.05) is 5.56 Å². The molecule has 19 heavy (non-hydrogen) atoms. The van der Waals surface area contributed by atoms with Crippen LogP contribution in [0.25, 0.3) is 0 Å². The first-order valence-electron chi connectivity index (χ1n) is 6.59. The smallest absolute Gasteiger partial charge is 0.325 e. The second-order valence-corrected chi connectivity index (χ2v) is 5.41. The third-order valence-corrected chi connectivity index (χ3v) is 4.20. The molecule has 3 amide bonds. The van der Waals surface area contributed by atoms with Gasteiger partial charge in [0.05, 0.1) is 12.2 Å². The number of carbonyl (C=O) groups is 2. The van der Waals surface area contributed by atoms with Gasteiger partial charge in [0.2, 0.25) is 0 Å². The molecule has 1 aliphatic heterocycles. The zero-order valence-corrected chi connectivity index (χ0v) is 11.2. The molecule has 0 unspecified atom stereocenters. The second kappa shape index (κ2) is 4.08. The van der Waals surface area contributed by atoms with Gasteiger partial charge in [-0.1, -0.05) is 18.0 Å². The van der Waals surface area contributed by atoms with Gasteiger partial charge in [0.15, 0.2) is 0 Å². The van der Waals surface area contributed by atoms with Gasteiger partial charge in [-0.2, -0.15) is 0 Å². The first-order chi connectivity index (χ1) is 9.03. The molecule has 0 radical (unpaired) electrons. The molecule has 3 rings (SSSR count). The van der Waals surface area contributed by atoms with Gasteiger partial charge in [-0.05, 0) is 26.7 Å². The predicted molar refractivity (Wildman–Crippen MR) is 66.3 cm³/mol. The fraction of sp³-hybridized carbons (Fsp3) is 0.615. The first-order valence-corrected chi connectivity index (χ1v) is 6.59. The number of aromatic nitrogens is 1. The third kappa shape index (κ3) is 1.74. The molecule has 1 aromatic rings. The molecule has 1 N–H and O–H groups in total. The van der Waals surface area contributed by atoms with Crippen molar-refractivity contribution in [3.63, 3.8) is 0 Å². The number of aryl methyl sites for hydroxylation is 2. The molecule has 6 nitrogen and oxygen atoms in total. The van der Waals surface area contributed by atoms with Crippen molar-refractivity contribution < 1.29 is 14.1 Å². The molecular formula is C13H17N3O3. The molecule has 0 aromatic carbocycles. The van der Waals surface area contributed by atoms with Crippen LogP contribution in [0, 0.1) is 13.8 Å². The summed E-state index contributed by atoms with van der Waals surface area (Å²) in [6.45, 7) is 3.85. The lowest BCUT2D eigenvalue weighted by Crippen LogP contribution is -2.44. The molecule has 0 bridgehead atoms. The number of imide groups is 1. The number of nitrogens with zero attached hydrogens (tertiary/aromatic N) is 2. The lowest BCUT2D eigenvalue weighted by molar-refractivity contribution is -0.131. The van der Waals surface area contributed by atoms with Crippen molar-refractivity contribution in [3.05, 3.63) is 17.0 Å². The molecule has 1 aliphatic carbocycles. The van der Waals surface area contributed by atoms with E-state index in [1.807, 2.05) is 6.92 Å². The maximum Gasteiger partial charge on any atom is 0.325 e. The largest absolute Gasteiger partial charge is 0.361 e. The fourth-order valence-corrected chi connectivity index (χ4v) is 3.02. The van der Waals surface area contributed by atoms with Crippen LogP contribution in [0.15, 0.2) is 4.52 Å². The first kappa shape index (κ1) is 12.2. The minimum atomic E-state index is -0.643. The highest BCUT2D eigenvalue weighted by Gasteiger charge is 2.52. The Bertz CT molecular complexity index is 524. The highest BCUT2D eigenvalue weighted by Crippen LogP contribution is 2.35. The van der Waals surface area contributed by atoms with Crippen LogP contribution >= 0.6 is 0 Å². The Morgan fingerprint density at radius 1 is 1.32 bits per heavy atom. The molecule has 2 aliphatic rings. The molecule has 2 heterocycles. The number of amides is 3. The van der Waals surface area contributed by atoms with E-state index in [4.69, 9.17) is 4.52 Å². The van der Waals surface area contributed by atoms with Crippen LogP contribution in [0.1, 0.15) is 42.7 Å². The monoisotopic (exact) mass is 263 g/mol. The zero-order chi connectivity index (χ0) is 13.6. The van der Waals surface area contributed by atoms with E-state index in [9.17, 15) is 9.59 Å². The van der Waals surface area contributed by atoms with E-state index in [1.165, 1.54) is 4.90 Å². The van der Waals surface area contributed by atoms with E-state index >= 15 is 0 Å². The summed E-state index contributed by atoms with van der Waals surface area (Å²) >= 11 is 0. The summed E-state index contributed by atoms with van der Waals surface area (Å²) in [6.07, 6.45) is 3.47. The fourth-order valence-electron chi connectivity index (χ4n) is 3.02. The predicted octanol–water partition coefficient (Wildman–Crippen LogP) is 1.66. The molecule has 1 aromatic heterocycles. The quantitative estimate of drug-likeness (QED) is 0.823. The van der Waals surface area contributed by atoms with E-state index in [-0.39, 0.29) is 18.5 Å². The maximum absolute atomic E-state index is 12.5. The van der Waals surface area contributed by atoms with Gasteiger partial charge < -0.3 is 9.84 Å². The van der Waals surface area contributed by atoms with Gasteiger partial charge >= 0.3 is 6.03 Å². The normalized spacial score (nSPS) is 21.5. The molecule has 1 saturated heterocycles. The molecule has 2 fully saturated rings. The van der Waals surface area contributed by atoms with Crippen molar-refractivity contribution in [1.82, 2.24) is 15.4 Å². The summed E-state index contributed by atoms with van der Waals surface area (Å²) < 4.78 is 5.07. The van der Waals surface area contributed by atoms with Crippen molar-refractivity contribution in [1.29, 1.82) is 0 Å². The number of carbonyl (C=O) groups excluding carboxylic acids is 2. The van der Waals surface area contributed by atoms with E-state index in [1.54, 1.807) is 6.92 Å². The minimum Gasteiger partial charge on any atom is -0.361 e. The topological polar surface area (TPSA) is 75.4 Å². The van der Waals surface area contributed by atoms with Crippen LogP contribution in [-0.2, 0) is 11.3 Å². The molecule has 0 atom stereocenters. The van der Waals surface area contributed by atoms with Crippen molar-refractivity contribution in [2.75, 3.05) is 0 Å². The number of hydrogen-bond donors (Lipinski definition) is 1. The Kier molecular flexibility index (Phi) is 2.62. The van der Waals surface area contributed by atoms with Crippen LogP contribution < -0.4 is 5.32 Å². The summed E-state index contributed by atoms with van der Waals surface area (Å²) in [5, 5.41) is 6.72. The van der Waals surface area contributed by atoms with Crippen molar-refractivity contribution >= 4 is 11.9 Å². The van der Waals surface area contributed by atoms with Crippen LogP contribution in [-0.4, -0.2) is 27.5 Å². The summed E-state index contributed by atoms with van der Waals surface area (Å²) in [5.41, 5.74) is 0.903. The van der Waals surface area contributed by atoms with E-state index in [0.29, 0.717) is 5.76 Å². The highest BCUT2D eigenvalue weighted by molar-refractivity contribution is 6.07. The van der Waals surface area contributed by atoms with Crippen molar-refractivity contribution in [2.24, 2.45) is 0 Å². The SMILES string of the molecule is Cc1noc(C)c1CN1C(=O)NC2(CCCC2)C1=O. The molecular weight excluding hydrogens is 246 g/mol. The van der Waals surface area contributed by atoms with Gasteiger partial charge in [-0.25, -0.2) is 4.79 Å². The van der Waals surface area contributed by atoms with E-state index in [2.05, 4.69) is 10.5 Å². The Balaban J connectivity index is 1.86. The van der Waals surface area contributed by atoms with Gasteiger partial charge in [0.25, 0.3) is 5.91 Å².